The second kappa shape index (κ2) is 25.4. The smallest absolute Gasteiger partial charge is 0.326 e. The minimum Gasteiger partial charge on any atom is -0.480 e. The van der Waals surface area contributed by atoms with E-state index in [0.717, 1.165) is 10.9 Å². The molecule has 21 heteroatoms. The molecular weight excluding hydrogens is 845 g/mol. The minimum absolute atomic E-state index is 0.00821. The number of carboxylic acids is 1. The molecule has 0 aliphatic heterocycles. The Labute approximate surface area is 379 Å². The van der Waals surface area contributed by atoms with Crippen LogP contribution in [0.1, 0.15) is 88.1 Å². The van der Waals surface area contributed by atoms with E-state index in [-0.39, 0.29) is 25.3 Å². The number of rotatable bonds is 25. The Bertz CT molecular complexity index is 2000. The van der Waals surface area contributed by atoms with E-state index in [1.807, 2.05) is 32.0 Å². The van der Waals surface area contributed by atoms with Gasteiger partial charge < -0.3 is 63.5 Å². The Morgan fingerprint density at radius 3 is 1.49 bits per heavy atom. The van der Waals surface area contributed by atoms with E-state index in [1.54, 1.807) is 53.8 Å². The molecule has 13 N–H and O–H groups in total. The van der Waals surface area contributed by atoms with Crippen LogP contribution in [-0.4, -0.2) is 129 Å². The van der Waals surface area contributed by atoms with Crippen molar-refractivity contribution in [3.63, 3.8) is 0 Å². The molecule has 1 aromatic heterocycles. The average molecular weight is 915 g/mol. The van der Waals surface area contributed by atoms with Crippen molar-refractivity contribution in [3.05, 3.63) is 36.0 Å². The highest BCUT2D eigenvalue weighted by Crippen LogP contribution is 2.20. The van der Waals surface area contributed by atoms with Crippen LogP contribution in [-0.2, 0) is 49.6 Å². The zero-order valence-corrected chi connectivity index (χ0v) is 39.2. The number of benzene rings is 1. The highest BCUT2D eigenvalue weighted by molar-refractivity contribution is 5.98. The van der Waals surface area contributed by atoms with Crippen LogP contribution in [0, 0.1) is 23.7 Å². The van der Waals surface area contributed by atoms with Gasteiger partial charge in [0.25, 0.3) is 0 Å². The van der Waals surface area contributed by atoms with Gasteiger partial charge in [-0.2, -0.15) is 0 Å². The van der Waals surface area contributed by atoms with Gasteiger partial charge in [0.2, 0.25) is 47.3 Å². The van der Waals surface area contributed by atoms with E-state index in [4.69, 9.17) is 5.73 Å². The quantitative estimate of drug-likeness (QED) is 0.0575. The van der Waals surface area contributed by atoms with Crippen LogP contribution >= 0.6 is 0 Å². The fourth-order valence-corrected chi connectivity index (χ4v) is 6.74. The number of aliphatic hydroxyl groups excluding tert-OH is 1. The molecule has 2 aromatic rings. The Balaban J connectivity index is 2.26. The molecule has 2 rings (SSSR count). The number of aromatic nitrogens is 1. The number of hydrogen-bond donors (Lipinski definition) is 12. The van der Waals surface area contributed by atoms with Crippen molar-refractivity contribution in [1.29, 1.82) is 0 Å². The van der Waals surface area contributed by atoms with E-state index >= 15 is 0 Å². The zero-order valence-electron chi connectivity index (χ0n) is 39.2. The third-order valence-corrected chi connectivity index (χ3v) is 10.6. The van der Waals surface area contributed by atoms with Crippen LogP contribution < -0.4 is 48.3 Å². The van der Waals surface area contributed by atoms with Gasteiger partial charge >= 0.3 is 5.97 Å². The SMILES string of the molecule is CC(C)C[C@H](NC(=O)CN)C(=O)N[C@@H](C)C(=O)N[C@H](C(=O)N[C@H](C(=O)N[C@@H](C)C(=O)N[C@@H](Cc1c[nH]c2ccccc12)C(=O)N[C@H](C(=O)N[C@H](C(=O)O)C(C)C)C(C)C)[C@@H](C)O)C(C)C. The first-order valence-electron chi connectivity index (χ1n) is 21.9. The molecule has 0 unspecified atom stereocenters. The third kappa shape index (κ3) is 16.8. The van der Waals surface area contributed by atoms with Crippen molar-refractivity contribution in [2.45, 2.75) is 143 Å². The molecule has 0 radical (unpaired) electrons. The number of aromatic amines is 1. The lowest BCUT2D eigenvalue weighted by molar-refractivity contribution is -0.144. The molecule has 0 saturated heterocycles. The molecule has 1 aromatic carbocycles. The summed E-state index contributed by atoms with van der Waals surface area (Å²) in [5.41, 5.74) is 6.79. The normalized spacial score (nSPS) is 15.6. The van der Waals surface area contributed by atoms with E-state index in [1.165, 1.54) is 20.8 Å². The number of amides is 8. The number of carboxylic acid groups (broad SMARTS) is 1. The first kappa shape index (κ1) is 55.0. The largest absolute Gasteiger partial charge is 0.480 e. The molecule has 0 saturated carbocycles. The highest BCUT2D eigenvalue weighted by atomic mass is 16.4. The van der Waals surface area contributed by atoms with Crippen molar-refractivity contribution in [3.8, 4) is 0 Å². The van der Waals surface area contributed by atoms with Gasteiger partial charge in [0, 0.05) is 23.5 Å². The maximum Gasteiger partial charge on any atom is 0.326 e. The van der Waals surface area contributed by atoms with E-state index in [2.05, 4.69) is 47.5 Å². The molecule has 0 aliphatic carbocycles. The number of nitrogens with two attached hydrogens (primary N) is 1. The molecule has 65 heavy (non-hydrogen) atoms. The Hall–Kier alpha value is -6.09. The number of fused-ring (bicyclic) bond motifs is 1. The van der Waals surface area contributed by atoms with Gasteiger partial charge in [0.05, 0.1) is 12.6 Å². The third-order valence-electron chi connectivity index (χ3n) is 10.6. The first-order chi connectivity index (χ1) is 30.3. The lowest BCUT2D eigenvalue weighted by atomic mass is 9.99. The van der Waals surface area contributed by atoms with Crippen LogP contribution in [0.2, 0.25) is 0 Å². The molecule has 0 aliphatic rings. The molecule has 8 amide bonds. The number of carbonyl (C=O) groups is 9. The van der Waals surface area contributed by atoms with Crippen LogP contribution in [0.25, 0.3) is 10.9 Å². The number of aliphatic carboxylic acids is 1. The number of nitrogens with one attached hydrogen (secondary N) is 9. The summed E-state index contributed by atoms with van der Waals surface area (Å²) in [6.45, 7) is 17.1. The summed E-state index contributed by atoms with van der Waals surface area (Å²) in [6, 6.07) is -2.88. The Morgan fingerprint density at radius 1 is 0.554 bits per heavy atom. The van der Waals surface area contributed by atoms with Gasteiger partial charge in [0.15, 0.2) is 0 Å². The predicted octanol–water partition coefficient (Wildman–Crippen LogP) is -0.933. The molecule has 0 bridgehead atoms. The second-order valence-electron chi connectivity index (χ2n) is 17.8. The van der Waals surface area contributed by atoms with Crippen LogP contribution in [0.15, 0.2) is 30.5 Å². The monoisotopic (exact) mass is 915 g/mol. The lowest BCUT2D eigenvalue weighted by Crippen LogP contribution is -2.62. The maximum absolute atomic E-state index is 14.0. The fraction of sp³-hybridized carbons (Fsp3) is 0.614. The summed E-state index contributed by atoms with van der Waals surface area (Å²) in [7, 11) is 0. The number of H-pyrrole nitrogens is 1. The summed E-state index contributed by atoms with van der Waals surface area (Å²) in [5.74, 6) is -8.90. The van der Waals surface area contributed by atoms with E-state index in [9.17, 15) is 53.4 Å². The maximum atomic E-state index is 14.0. The standard InChI is InChI=1S/C44H70N10O11/c1-20(2)16-30(49-32(56)18-45)39(59)47-25(10)38(58)51-33(21(3)4)42(62)54-36(26(11)55)43(63)48-24(9)37(57)50-31(17-27-19-46-29-15-13-12-14-28(27)29)40(60)52-34(22(5)6)41(61)53-35(23(7)8)44(64)65/h12-15,19-26,30-31,33-36,46,55H,16-18,45H2,1-11H3,(H,47,59)(H,48,63)(H,49,56)(H,50,57)(H,51,58)(H,52,60)(H,53,61)(H,54,62)(H,64,65)/t24-,25-,26+,30-,31-,33-,34-,35-,36-/m0/s1. The molecule has 362 valence electrons. The van der Waals surface area contributed by atoms with Gasteiger partial charge in [-0.25, -0.2) is 4.79 Å². The van der Waals surface area contributed by atoms with Crippen LogP contribution in [0.4, 0.5) is 0 Å². The lowest BCUT2D eigenvalue weighted by Gasteiger charge is -2.29. The summed E-state index contributed by atoms with van der Waals surface area (Å²) >= 11 is 0. The first-order valence-corrected chi connectivity index (χ1v) is 21.9. The van der Waals surface area contributed by atoms with Crippen molar-refractivity contribution < 1.29 is 53.4 Å². The molecule has 9 atom stereocenters. The predicted molar refractivity (Wildman–Crippen MR) is 241 cm³/mol. The topological polar surface area (TPSA) is 332 Å². The van der Waals surface area contributed by atoms with Crippen molar-refractivity contribution in [2.24, 2.45) is 29.4 Å². The molecule has 0 spiro atoms. The summed E-state index contributed by atoms with van der Waals surface area (Å²) < 4.78 is 0. The Kier molecular flexibility index (Phi) is 21.5. The van der Waals surface area contributed by atoms with E-state index < -0.39 is 125 Å². The molecule has 0 fully saturated rings. The number of carbonyl (C=O) groups excluding carboxylic acids is 8. The summed E-state index contributed by atoms with van der Waals surface area (Å²) in [4.78, 5) is 122. The van der Waals surface area contributed by atoms with E-state index in [0.29, 0.717) is 5.56 Å². The second-order valence-corrected chi connectivity index (χ2v) is 17.8. The van der Waals surface area contributed by atoms with Crippen LogP contribution in [0.5, 0.6) is 0 Å². The van der Waals surface area contributed by atoms with Crippen molar-refractivity contribution in [1.82, 2.24) is 47.5 Å². The van der Waals surface area contributed by atoms with Crippen molar-refractivity contribution in [2.75, 3.05) is 6.54 Å². The molecule has 1 heterocycles. The van der Waals surface area contributed by atoms with Gasteiger partial charge in [0.1, 0.15) is 48.3 Å². The van der Waals surface area contributed by atoms with Gasteiger partial charge in [-0.05, 0) is 62.5 Å². The number of para-hydroxylation sites is 1. The van der Waals surface area contributed by atoms with Gasteiger partial charge in [-0.1, -0.05) is 73.6 Å². The van der Waals surface area contributed by atoms with Crippen molar-refractivity contribution >= 4 is 64.1 Å². The minimum atomic E-state index is -1.63. The summed E-state index contributed by atoms with van der Waals surface area (Å²) in [6.07, 6.45) is 0.359. The number of aliphatic hydroxyl groups is 1. The Morgan fingerprint density at radius 2 is 1.00 bits per heavy atom. The average Bonchev–Trinajstić information content (AvgIpc) is 3.63. The summed E-state index contributed by atoms with van der Waals surface area (Å²) in [5, 5.41) is 41.3. The van der Waals surface area contributed by atoms with Gasteiger partial charge in [-0.15, -0.1) is 0 Å². The fourth-order valence-electron chi connectivity index (χ4n) is 6.74. The highest BCUT2D eigenvalue weighted by Gasteiger charge is 2.36. The van der Waals surface area contributed by atoms with Crippen LogP contribution in [0.3, 0.4) is 0 Å². The zero-order chi connectivity index (χ0) is 49.5. The van der Waals surface area contributed by atoms with Gasteiger partial charge in [-0.3, -0.25) is 38.4 Å². The molecule has 21 nitrogen and oxygen atoms in total. The molecular formula is C44H70N10O11. The number of hydrogen-bond acceptors (Lipinski definition) is 11.